The fourth-order valence-electron chi connectivity index (χ4n) is 2.07. The Balaban J connectivity index is 2.63. The fourth-order valence-corrected chi connectivity index (χ4v) is 2.07. The Morgan fingerprint density at radius 2 is 2.18 bits per heavy atom. The molecule has 1 N–H and O–H groups in total. The third-order valence-corrected chi connectivity index (χ3v) is 2.60. The van der Waals surface area contributed by atoms with Gasteiger partial charge in [-0.2, -0.15) is 0 Å². The Hall–Kier alpha value is -0.300. The van der Waals surface area contributed by atoms with Crippen molar-refractivity contribution in [2.24, 2.45) is 11.8 Å². The molecular formula is C10H18O. The molecule has 0 heterocycles. The van der Waals surface area contributed by atoms with Crippen LogP contribution in [0.1, 0.15) is 33.1 Å². The first-order valence-electron chi connectivity index (χ1n) is 4.48. The van der Waals surface area contributed by atoms with E-state index < -0.39 is 0 Å². The minimum atomic E-state index is -0.128. The van der Waals surface area contributed by atoms with Crippen LogP contribution in [0.4, 0.5) is 0 Å². The fraction of sp³-hybridized carbons (Fsp3) is 0.800. The van der Waals surface area contributed by atoms with E-state index in [4.69, 9.17) is 0 Å². The highest BCUT2D eigenvalue weighted by Crippen LogP contribution is 2.33. The molecule has 0 amide bonds. The maximum atomic E-state index is 9.65. The summed E-state index contributed by atoms with van der Waals surface area (Å²) in [5.41, 5.74) is 1.25. The number of aliphatic hydroxyl groups is 1. The van der Waals surface area contributed by atoms with Crippen LogP contribution in [0.5, 0.6) is 0 Å². The lowest BCUT2D eigenvalue weighted by molar-refractivity contribution is 0.0757. The Morgan fingerprint density at radius 1 is 1.55 bits per heavy atom. The van der Waals surface area contributed by atoms with Crippen molar-refractivity contribution in [2.75, 3.05) is 0 Å². The van der Waals surface area contributed by atoms with Crippen molar-refractivity contribution in [1.82, 2.24) is 0 Å². The predicted octanol–water partition coefficient (Wildman–Crippen LogP) is 2.36. The largest absolute Gasteiger partial charge is 0.392 e. The monoisotopic (exact) mass is 154 g/mol. The summed E-state index contributed by atoms with van der Waals surface area (Å²) in [6.07, 6.45) is 3.06. The van der Waals surface area contributed by atoms with Gasteiger partial charge in [-0.1, -0.05) is 26.0 Å². The molecule has 64 valence electrons. The lowest BCUT2D eigenvalue weighted by Gasteiger charge is -2.32. The van der Waals surface area contributed by atoms with Gasteiger partial charge in [0.1, 0.15) is 0 Å². The van der Waals surface area contributed by atoms with Crippen LogP contribution in [-0.4, -0.2) is 11.2 Å². The van der Waals surface area contributed by atoms with Crippen molar-refractivity contribution >= 4 is 0 Å². The van der Waals surface area contributed by atoms with E-state index in [1.165, 1.54) is 5.57 Å². The SMILES string of the molecule is C=C1CCCC(O)C1C(C)C. The van der Waals surface area contributed by atoms with E-state index in [0.717, 1.165) is 19.3 Å². The minimum absolute atomic E-state index is 0.128. The smallest absolute Gasteiger partial charge is 0.0607 e. The first-order chi connectivity index (χ1) is 5.13. The quantitative estimate of drug-likeness (QED) is 0.575. The van der Waals surface area contributed by atoms with E-state index in [1.807, 2.05) is 0 Å². The van der Waals surface area contributed by atoms with Gasteiger partial charge in [-0.25, -0.2) is 0 Å². The molecule has 1 heteroatoms. The molecule has 0 aliphatic heterocycles. The van der Waals surface area contributed by atoms with Crippen molar-refractivity contribution in [2.45, 2.75) is 39.2 Å². The molecule has 0 aromatic heterocycles. The second-order valence-electron chi connectivity index (χ2n) is 3.89. The predicted molar refractivity (Wildman–Crippen MR) is 47.3 cm³/mol. The van der Waals surface area contributed by atoms with E-state index in [0.29, 0.717) is 11.8 Å². The van der Waals surface area contributed by atoms with Gasteiger partial charge in [-0.3, -0.25) is 0 Å². The molecule has 1 aliphatic rings. The summed E-state index contributed by atoms with van der Waals surface area (Å²) in [5.74, 6) is 0.890. The molecule has 0 radical (unpaired) electrons. The first-order valence-corrected chi connectivity index (χ1v) is 4.48. The summed E-state index contributed by atoms with van der Waals surface area (Å²) in [6.45, 7) is 8.32. The van der Waals surface area contributed by atoms with Gasteiger partial charge >= 0.3 is 0 Å². The van der Waals surface area contributed by atoms with Crippen LogP contribution in [0.2, 0.25) is 0 Å². The van der Waals surface area contributed by atoms with Crippen molar-refractivity contribution in [3.05, 3.63) is 12.2 Å². The summed E-state index contributed by atoms with van der Waals surface area (Å²) in [4.78, 5) is 0. The van der Waals surface area contributed by atoms with Crippen LogP contribution in [0.25, 0.3) is 0 Å². The van der Waals surface area contributed by atoms with Crippen LogP contribution in [0, 0.1) is 11.8 Å². The standard InChI is InChI=1S/C10H18O/c1-7(2)10-8(3)5-4-6-9(10)11/h7,9-11H,3-6H2,1-2H3. The van der Waals surface area contributed by atoms with Crippen molar-refractivity contribution in [3.8, 4) is 0 Å². The van der Waals surface area contributed by atoms with Gasteiger partial charge in [0.2, 0.25) is 0 Å². The zero-order chi connectivity index (χ0) is 8.43. The summed E-state index contributed by atoms with van der Waals surface area (Å²) in [5, 5.41) is 9.65. The molecular weight excluding hydrogens is 136 g/mol. The van der Waals surface area contributed by atoms with E-state index in [9.17, 15) is 5.11 Å². The van der Waals surface area contributed by atoms with Crippen LogP contribution in [0.3, 0.4) is 0 Å². The van der Waals surface area contributed by atoms with Crippen molar-refractivity contribution in [1.29, 1.82) is 0 Å². The lowest BCUT2D eigenvalue weighted by atomic mass is 9.76. The minimum Gasteiger partial charge on any atom is -0.392 e. The number of hydrogen-bond donors (Lipinski definition) is 1. The third-order valence-electron chi connectivity index (χ3n) is 2.60. The highest BCUT2D eigenvalue weighted by molar-refractivity contribution is 5.07. The molecule has 1 nitrogen and oxygen atoms in total. The first kappa shape index (κ1) is 8.79. The average Bonchev–Trinajstić information content (AvgIpc) is 1.85. The average molecular weight is 154 g/mol. The Kier molecular flexibility index (Phi) is 2.72. The normalized spacial score (nSPS) is 32.9. The van der Waals surface area contributed by atoms with E-state index in [2.05, 4.69) is 20.4 Å². The Labute approximate surface area is 69.1 Å². The highest BCUT2D eigenvalue weighted by atomic mass is 16.3. The molecule has 2 atom stereocenters. The summed E-state index contributed by atoms with van der Waals surface area (Å²) in [7, 11) is 0. The van der Waals surface area contributed by atoms with Gasteiger partial charge in [0.05, 0.1) is 6.10 Å². The molecule has 0 aromatic carbocycles. The molecule has 1 aliphatic carbocycles. The molecule has 0 bridgehead atoms. The second kappa shape index (κ2) is 3.40. The van der Waals surface area contributed by atoms with Crippen LogP contribution in [0.15, 0.2) is 12.2 Å². The van der Waals surface area contributed by atoms with Gasteiger partial charge in [-0.05, 0) is 25.2 Å². The maximum Gasteiger partial charge on any atom is 0.0607 e. The van der Waals surface area contributed by atoms with E-state index in [-0.39, 0.29) is 6.10 Å². The third kappa shape index (κ3) is 1.84. The lowest BCUT2D eigenvalue weighted by Crippen LogP contribution is -2.30. The molecule has 2 unspecified atom stereocenters. The Morgan fingerprint density at radius 3 is 2.55 bits per heavy atom. The highest BCUT2D eigenvalue weighted by Gasteiger charge is 2.28. The number of rotatable bonds is 1. The zero-order valence-electron chi connectivity index (χ0n) is 7.51. The van der Waals surface area contributed by atoms with Gasteiger partial charge in [0, 0.05) is 5.92 Å². The number of aliphatic hydroxyl groups excluding tert-OH is 1. The van der Waals surface area contributed by atoms with Crippen LogP contribution in [-0.2, 0) is 0 Å². The topological polar surface area (TPSA) is 20.2 Å². The molecule has 0 spiro atoms. The summed E-state index contributed by atoms with van der Waals surface area (Å²) >= 11 is 0. The maximum absolute atomic E-state index is 9.65. The molecule has 1 fully saturated rings. The van der Waals surface area contributed by atoms with Crippen LogP contribution < -0.4 is 0 Å². The van der Waals surface area contributed by atoms with Crippen molar-refractivity contribution in [3.63, 3.8) is 0 Å². The molecule has 0 saturated heterocycles. The van der Waals surface area contributed by atoms with E-state index >= 15 is 0 Å². The zero-order valence-corrected chi connectivity index (χ0v) is 7.51. The van der Waals surface area contributed by atoms with Gasteiger partial charge in [0.15, 0.2) is 0 Å². The van der Waals surface area contributed by atoms with Crippen molar-refractivity contribution < 1.29 is 5.11 Å². The van der Waals surface area contributed by atoms with Gasteiger partial charge in [0.25, 0.3) is 0 Å². The number of hydrogen-bond acceptors (Lipinski definition) is 1. The van der Waals surface area contributed by atoms with Gasteiger partial charge < -0.3 is 5.11 Å². The molecule has 1 rings (SSSR count). The van der Waals surface area contributed by atoms with Crippen LogP contribution >= 0.6 is 0 Å². The summed E-state index contributed by atoms with van der Waals surface area (Å²) < 4.78 is 0. The summed E-state index contributed by atoms with van der Waals surface area (Å²) in [6, 6.07) is 0. The second-order valence-corrected chi connectivity index (χ2v) is 3.89. The molecule has 0 aromatic rings. The van der Waals surface area contributed by atoms with E-state index in [1.54, 1.807) is 0 Å². The molecule has 11 heavy (non-hydrogen) atoms. The molecule has 1 saturated carbocycles. The van der Waals surface area contributed by atoms with Gasteiger partial charge in [-0.15, -0.1) is 0 Å². The Bertz CT molecular complexity index is 149.